The van der Waals surface area contributed by atoms with Crippen molar-refractivity contribution in [2.24, 2.45) is 0 Å². The van der Waals surface area contributed by atoms with E-state index in [4.69, 9.17) is 5.21 Å². The lowest BCUT2D eigenvalue weighted by atomic mass is 9.99. The molecule has 174 valence electrons. The summed E-state index contributed by atoms with van der Waals surface area (Å²) in [5.74, 6) is -0.988. The van der Waals surface area contributed by atoms with Gasteiger partial charge in [0.25, 0.3) is 17.7 Å². The van der Waals surface area contributed by atoms with Crippen LogP contribution in [-0.4, -0.2) is 54.0 Å². The van der Waals surface area contributed by atoms with Gasteiger partial charge >= 0.3 is 0 Å². The molecule has 8 heteroatoms. The van der Waals surface area contributed by atoms with E-state index in [1.807, 2.05) is 19.1 Å². The Morgan fingerprint density at radius 3 is 2.06 bits per heavy atom. The van der Waals surface area contributed by atoms with Crippen molar-refractivity contribution in [3.63, 3.8) is 0 Å². The van der Waals surface area contributed by atoms with Crippen molar-refractivity contribution in [2.75, 3.05) is 31.5 Å². The first kappa shape index (κ1) is 23.2. The van der Waals surface area contributed by atoms with Crippen LogP contribution in [0.25, 0.3) is 11.1 Å². The van der Waals surface area contributed by atoms with Crippen LogP contribution in [0.5, 0.6) is 0 Å². The van der Waals surface area contributed by atoms with Crippen molar-refractivity contribution in [3.05, 3.63) is 89.0 Å². The number of anilines is 1. The fraction of sp³-hybridized carbons (Fsp3) is 0.192. The molecule has 1 heterocycles. The lowest BCUT2D eigenvalue weighted by Crippen LogP contribution is -2.46. The van der Waals surface area contributed by atoms with Crippen LogP contribution in [-0.2, 0) is 0 Å². The molecule has 0 aromatic heterocycles. The molecule has 0 atom stereocenters. The smallest absolute Gasteiger partial charge is 0.274 e. The van der Waals surface area contributed by atoms with Crippen molar-refractivity contribution >= 4 is 23.4 Å². The fourth-order valence-electron chi connectivity index (χ4n) is 3.83. The van der Waals surface area contributed by atoms with E-state index in [2.05, 4.69) is 10.6 Å². The Bertz CT molecular complexity index is 1200. The van der Waals surface area contributed by atoms with E-state index in [9.17, 15) is 14.4 Å². The van der Waals surface area contributed by atoms with E-state index >= 15 is 0 Å². The van der Waals surface area contributed by atoms with Crippen LogP contribution in [0.1, 0.15) is 36.6 Å². The molecule has 1 aliphatic rings. The van der Waals surface area contributed by atoms with Crippen LogP contribution in [0.2, 0.25) is 0 Å². The van der Waals surface area contributed by atoms with Gasteiger partial charge in [0.2, 0.25) is 0 Å². The minimum atomic E-state index is -0.611. The first-order chi connectivity index (χ1) is 16.4. The van der Waals surface area contributed by atoms with Gasteiger partial charge in [-0.05, 0) is 60.5 Å². The number of benzene rings is 3. The van der Waals surface area contributed by atoms with Gasteiger partial charge in [0.05, 0.1) is 0 Å². The van der Waals surface area contributed by atoms with E-state index in [0.717, 1.165) is 29.8 Å². The molecule has 1 aliphatic heterocycles. The molecule has 1 fully saturated rings. The second kappa shape index (κ2) is 10.3. The maximum absolute atomic E-state index is 13.2. The number of hydrogen-bond acceptors (Lipinski definition) is 5. The highest BCUT2D eigenvalue weighted by atomic mass is 16.5. The second-order valence-electron chi connectivity index (χ2n) is 8.18. The van der Waals surface area contributed by atoms with Crippen molar-refractivity contribution in [3.8, 4) is 11.1 Å². The SMILES string of the molecule is Cc1ccc(C(=O)Nc2cc(C(=O)N3CCNCC3)cc(-c3ccc(C(=O)NO)cc3)c2)cc1. The molecule has 4 N–H and O–H groups in total. The van der Waals surface area contributed by atoms with E-state index < -0.39 is 5.91 Å². The molecule has 3 aromatic carbocycles. The number of nitrogens with zero attached hydrogens (tertiary/aromatic N) is 1. The fourth-order valence-corrected chi connectivity index (χ4v) is 3.83. The van der Waals surface area contributed by atoms with Crippen molar-refractivity contribution in [1.29, 1.82) is 0 Å². The number of nitrogens with one attached hydrogen (secondary N) is 3. The van der Waals surface area contributed by atoms with Gasteiger partial charge in [0.15, 0.2) is 0 Å². The first-order valence-corrected chi connectivity index (χ1v) is 11.0. The Balaban J connectivity index is 1.68. The number of amides is 3. The molecule has 0 unspecified atom stereocenters. The molecule has 3 aromatic rings. The summed E-state index contributed by atoms with van der Waals surface area (Å²) < 4.78 is 0. The molecule has 0 saturated carbocycles. The Labute approximate surface area is 197 Å². The van der Waals surface area contributed by atoms with E-state index in [-0.39, 0.29) is 11.8 Å². The average molecular weight is 459 g/mol. The zero-order chi connectivity index (χ0) is 24.1. The highest BCUT2D eigenvalue weighted by molar-refractivity contribution is 6.06. The molecule has 1 saturated heterocycles. The van der Waals surface area contributed by atoms with Gasteiger partial charge in [0.1, 0.15) is 0 Å². The highest BCUT2D eigenvalue weighted by Crippen LogP contribution is 2.27. The molecule has 0 spiro atoms. The van der Waals surface area contributed by atoms with E-state index in [1.54, 1.807) is 65.0 Å². The van der Waals surface area contributed by atoms with Crippen molar-refractivity contribution < 1.29 is 19.6 Å². The Hall–Kier alpha value is -4.01. The molecular formula is C26H26N4O4. The zero-order valence-electron chi connectivity index (χ0n) is 18.8. The summed E-state index contributed by atoms with van der Waals surface area (Å²) in [7, 11) is 0. The predicted molar refractivity (Wildman–Crippen MR) is 129 cm³/mol. The number of carbonyl (C=O) groups is 3. The van der Waals surface area contributed by atoms with Crippen molar-refractivity contribution in [1.82, 2.24) is 15.7 Å². The van der Waals surface area contributed by atoms with Gasteiger partial charge in [-0.25, -0.2) is 5.48 Å². The van der Waals surface area contributed by atoms with E-state index in [1.165, 1.54) is 0 Å². The summed E-state index contributed by atoms with van der Waals surface area (Å²) in [5.41, 5.74) is 5.93. The molecule has 34 heavy (non-hydrogen) atoms. The largest absolute Gasteiger partial charge is 0.336 e. The summed E-state index contributed by atoms with van der Waals surface area (Å²) >= 11 is 0. The summed E-state index contributed by atoms with van der Waals surface area (Å²) in [6.07, 6.45) is 0. The molecule has 0 aliphatic carbocycles. The molecule has 8 nitrogen and oxygen atoms in total. The predicted octanol–water partition coefficient (Wildman–Crippen LogP) is 3.08. The molecule has 0 radical (unpaired) electrons. The standard InChI is InChI=1S/C26H26N4O4/c1-17-2-4-19(5-3-17)24(31)28-23-15-21(18-6-8-20(9-7-18)25(32)29-34)14-22(16-23)26(33)30-12-10-27-11-13-30/h2-9,14-16,27,34H,10-13H2,1H3,(H,28,31)(H,29,32). The Morgan fingerprint density at radius 1 is 0.794 bits per heavy atom. The van der Waals surface area contributed by atoms with Gasteiger partial charge in [-0.15, -0.1) is 0 Å². The first-order valence-electron chi connectivity index (χ1n) is 11.0. The zero-order valence-corrected chi connectivity index (χ0v) is 18.8. The molecule has 4 rings (SSSR count). The molecular weight excluding hydrogens is 432 g/mol. The van der Waals surface area contributed by atoms with Gasteiger partial charge < -0.3 is 15.5 Å². The van der Waals surface area contributed by atoms with Crippen LogP contribution in [0.15, 0.2) is 66.7 Å². The molecule has 0 bridgehead atoms. The quantitative estimate of drug-likeness (QED) is 0.347. The van der Waals surface area contributed by atoms with E-state index in [0.29, 0.717) is 35.5 Å². The van der Waals surface area contributed by atoms with Crippen LogP contribution in [0.4, 0.5) is 5.69 Å². The number of aryl methyl sites for hydroxylation is 1. The van der Waals surface area contributed by atoms with Crippen LogP contribution in [0.3, 0.4) is 0 Å². The van der Waals surface area contributed by atoms with Crippen LogP contribution < -0.4 is 16.1 Å². The van der Waals surface area contributed by atoms with Gasteiger partial charge in [-0.3, -0.25) is 19.6 Å². The number of hydroxylamine groups is 1. The Morgan fingerprint density at radius 2 is 1.41 bits per heavy atom. The summed E-state index contributed by atoms with van der Waals surface area (Å²) in [4.78, 5) is 39.5. The lowest BCUT2D eigenvalue weighted by Gasteiger charge is -2.27. The number of carbonyl (C=O) groups excluding carboxylic acids is 3. The van der Waals surface area contributed by atoms with Gasteiger partial charge in [0, 0.05) is 48.6 Å². The van der Waals surface area contributed by atoms with Gasteiger partial charge in [-0.2, -0.15) is 0 Å². The summed E-state index contributed by atoms with van der Waals surface area (Å²) in [6, 6.07) is 19.1. The maximum Gasteiger partial charge on any atom is 0.274 e. The maximum atomic E-state index is 13.2. The van der Waals surface area contributed by atoms with Crippen LogP contribution in [0, 0.1) is 6.92 Å². The topological polar surface area (TPSA) is 111 Å². The van der Waals surface area contributed by atoms with Gasteiger partial charge in [-0.1, -0.05) is 29.8 Å². The average Bonchev–Trinajstić information content (AvgIpc) is 2.88. The monoisotopic (exact) mass is 458 g/mol. The number of piperazine rings is 1. The highest BCUT2D eigenvalue weighted by Gasteiger charge is 2.20. The summed E-state index contributed by atoms with van der Waals surface area (Å²) in [5, 5.41) is 15.0. The number of rotatable bonds is 5. The molecule has 3 amide bonds. The Kier molecular flexibility index (Phi) is 7.01. The minimum Gasteiger partial charge on any atom is -0.336 e. The third kappa shape index (κ3) is 5.31. The normalized spacial score (nSPS) is 13.3. The van der Waals surface area contributed by atoms with Crippen LogP contribution >= 0.6 is 0 Å². The number of hydrogen-bond donors (Lipinski definition) is 4. The van der Waals surface area contributed by atoms with Crippen molar-refractivity contribution in [2.45, 2.75) is 6.92 Å². The summed E-state index contributed by atoms with van der Waals surface area (Å²) in [6.45, 7) is 4.64. The minimum absolute atomic E-state index is 0.106. The second-order valence-corrected chi connectivity index (χ2v) is 8.18. The lowest BCUT2D eigenvalue weighted by molar-refractivity contribution is 0.0705. The third-order valence-corrected chi connectivity index (χ3v) is 5.74. The third-order valence-electron chi connectivity index (χ3n) is 5.74.